The first-order chi connectivity index (χ1) is 13.1. The summed E-state index contributed by atoms with van der Waals surface area (Å²) in [5, 5.41) is 0. The van der Waals surface area contributed by atoms with E-state index in [1.807, 2.05) is 0 Å². The number of nitrogens with two attached hydrogens (primary N) is 1. The van der Waals surface area contributed by atoms with Gasteiger partial charge in [0.15, 0.2) is 0 Å². The smallest absolute Gasteiger partial charge is 0.364 e. The van der Waals surface area contributed by atoms with Crippen LogP contribution in [-0.4, -0.2) is 15.5 Å². The summed E-state index contributed by atoms with van der Waals surface area (Å²) in [4.78, 5) is 27.7. The number of amides is 1. The highest BCUT2D eigenvalue weighted by atomic mass is 19.4. The van der Waals surface area contributed by atoms with E-state index in [0.29, 0.717) is 6.07 Å². The average Bonchev–Trinajstić information content (AvgIpc) is 2.62. The fourth-order valence-corrected chi connectivity index (χ4v) is 2.75. The van der Waals surface area contributed by atoms with Crippen LogP contribution in [0, 0.1) is 5.82 Å². The van der Waals surface area contributed by atoms with Gasteiger partial charge in [-0.25, -0.2) is 9.37 Å². The van der Waals surface area contributed by atoms with Crippen molar-refractivity contribution in [3.05, 3.63) is 76.1 Å². The lowest BCUT2D eigenvalue weighted by Gasteiger charge is -2.14. The van der Waals surface area contributed by atoms with Crippen molar-refractivity contribution >= 4 is 5.91 Å². The number of benzene rings is 2. The van der Waals surface area contributed by atoms with E-state index >= 15 is 0 Å². The molecule has 0 bridgehead atoms. The van der Waals surface area contributed by atoms with Crippen LogP contribution in [0.3, 0.4) is 0 Å². The number of aryl methyl sites for hydroxylation is 1. The van der Waals surface area contributed by atoms with Crippen LogP contribution in [-0.2, 0) is 13.2 Å². The number of nitrogens with zero attached hydrogens (tertiary/aromatic N) is 2. The fraction of sp³-hybridized carbons (Fsp3) is 0.105. The summed E-state index contributed by atoms with van der Waals surface area (Å²) in [7, 11) is 1.39. The van der Waals surface area contributed by atoms with E-state index in [1.165, 1.54) is 31.3 Å². The molecule has 1 amide bonds. The molecule has 0 unspecified atom stereocenters. The van der Waals surface area contributed by atoms with Crippen LogP contribution in [0.15, 0.2) is 53.5 Å². The summed E-state index contributed by atoms with van der Waals surface area (Å²) in [6.07, 6.45) is -3.54. The van der Waals surface area contributed by atoms with E-state index in [2.05, 4.69) is 4.98 Å². The maximum atomic E-state index is 13.6. The quantitative estimate of drug-likeness (QED) is 0.696. The number of hydrogen-bond donors (Lipinski definition) is 1. The van der Waals surface area contributed by atoms with Crippen molar-refractivity contribution in [1.82, 2.24) is 9.55 Å². The van der Waals surface area contributed by atoms with Gasteiger partial charge in [-0.2, -0.15) is 13.2 Å². The molecule has 2 N–H and O–H groups in total. The summed E-state index contributed by atoms with van der Waals surface area (Å²) in [6, 6.07) is 7.65. The molecule has 3 rings (SSSR count). The third-order valence-electron chi connectivity index (χ3n) is 4.06. The molecular weight excluding hydrogens is 378 g/mol. The molecule has 28 heavy (non-hydrogen) atoms. The van der Waals surface area contributed by atoms with Gasteiger partial charge in [0.25, 0.3) is 11.5 Å². The van der Waals surface area contributed by atoms with Crippen molar-refractivity contribution in [2.24, 2.45) is 12.8 Å². The van der Waals surface area contributed by atoms with Crippen molar-refractivity contribution in [1.29, 1.82) is 0 Å². The highest BCUT2D eigenvalue weighted by Crippen LogP contribution is 2.38. The minimum Gasteiger partial charge on any atom is -0.364 e. The van der Waals surface area contributed by atoms with Crippen molar-refractivity contribution in [3.8, 4) is 22.4 Å². The van der Waals surface area contributed by atoms with Gasteiger partial charge < -0.3 is 10.3 Å². The van der Waals surface area contributed by atoms with Crippen LogP contribution in [0.25, 0.3) is 22.4 Å². The predicted octanol–water partition coefficient (Wildman–Crippen LogP) is 3.37. The van der Waals surface area contributed by atoms with Crippen molar-refractivity contribution < 1.29 is 22.4 Å². The van der Waals surface area contributed by atoms with Crippen molar-refractivity contribution in [2.75, 3.05) is 0 Å². The number of aromatic nitrogens is 2. The SMILES string of the molecule is Cn1cc(C(N)=O)nc(-c2cccc(-c3cc(F)ccc3C(F)(F)F)c2)c1=O. The van der Waals surface area contributed by atoms with Crippen LogP contribution in [0.2, 0.25) is 0 Å². The van der Waals surface area contributed by atoms with Crippen molar-refractivity contribution in [2.45, 2.75) is 6.18 Å². The number of carbonyl (C=O) groups is 1. The molecule has 0 atom stereocenters. The minimum atomic E-state index is -4.70. The molecule has 0 aliphatic heterocycles. The Labute approximate surface area is 156 Å². The summed E-state index contributed by atoms with van der Waals surface area (Å²) in [6.45, 7) is 0. The third kappa shape index (κ3) is 3.64. The Morgan fingerprint density at radius 1 is 1.11 bits per heavy atom. The lowest BCUT2D eigenvalue weighted by Crippen LogP contribution is -2.25. The van der Waals surface area contributed by atoms with Crippen LogP contribution in [0.4, 0.5) is 17.6 Å². The van der Waals surface area contributed by atoms with Crippen LogP contribution >= 0.6 is 0 Å². The Morgan fingerprint density at radius 3 is 2.43 bits per heavy atom. The second kappa shape index (κ2) is 6.91. The molecule has 0 saturated carbocycles. The number of hydrogen-bond acceptors (Lipinski definition) is 3. The molecule has 3 aromatic rings. The average molecular weight is 391 g/mol. The van der Waals surface area contributed by atoms with Crippen molar-refractivity contribution in [3.63, 3.8) is 0 Å². The number of rotatable bonds is 3. The molecule has 144 valence electrons. The molecular formula is C19H13F4N3O2. The second-order valence-electron chi connectivity index (χ2n) is 6.02. The topological polar surface area (TPSA) is 78.0 Å². The zero-order valence-corrected chi connectivity index (χ0v) is 14.4. The number of alkyl halides is 3. The Balaban J connectivity index is 2.23. The van der Waals surface area contributed by atoms with E-state index in [1.54, 1.807) is 0 Å². The first-order valence-corrected chi connectivity index (χ1v) is 7.93. The minimum absolute atomic E-state index is 0.0395. The molecule has 0 aliphatic carbocycles. The molecule has 0 aliphatic rings. The molecule has 1 heterocycles. The summed E-state index contributed by atoms with van der Waals surface area (Å²) >= 11 is 0. The van der Waals surface area contributed by atoms with Gasteiger partial charge >= 0.3 is 6.18 Å². The monoisotopic (exact) mass is 391 g/mol. The lowest BCUT2D eigenvalue weighted by atomic mass is 9.97. The van der Waals surface area contributed by atoms with E-state index in [0.717, 1.165) is 22.9 Å². The van der Waals surface area contributed by atoms with E-state index in [-0.39, 0.29) is 28.1 Å². The fourth-order valence-electron chi connectivity index (χ4n) is 2.75. The molecule has 2 aromatic carbocycles. The Hall–Kier alpha value is -3.49. The maximum Gasteiger partial charge on any atom is 0.417 e. The van der Waals surface area contributed by atoms with Gasteiger partial charge in [0.1, 0.15) is 17.2 Å². The van der Waals surface area contributed by atoms with E-state index in [9.17, 15) is 27.2 Å². The van der Waals surface area contributed by atoms with Crippen LogP contribution in [0.5, 0.6) is 0 Å². The first kappa shape index (κ1) is 19.3. The highest BCUT2D eigenvalue weighted by Gasteiger charge is 2.33. The molecule has 0 radical (unpaired) electrons. The summed E-state index contributed by atoms with van der Waals surface area (Å²) < 4.78 is 54.6. The van der Waals surface area contributed by atoms with Gasteiger partial charge in [0.05, 0.1) is 5.56 Å². The van der Waals surface area contributed by atoms with Crippen LogP contribution in [0.1, 0.15) is 16.1 Å². The van der Waals surface area contributed by atoms with Crippen LogP contribution < -0.4 is 11.3 Å². The molecule has 0 fully saturated rings. The Kier molecular flexibility index (Phi) is 4.76. The molecule has 0 saturated heterocycles. The number of halogens is 4. The first-order valence-electron chi connectivity index (χ1n) is 7.93. The highest BCUT2D eigenvalue weighted by molar-refractivity contribution is 5.91. The second-order valence-corrected chi connectivity index (χ2v) is 6.02. The van der Waals surface area contributed by atoms with Gasteiger partial charge in [-0.15, -0.1) is 0 Å². The molecule has 1 aromatic heterocycles. The van der Waals surface area contributed by atoms with E-state index in [4.69, 9.17) is 5.73 Å². The zero-order valence-electron chi connectivity index (χ0n) is 14.4. The van der Waals surface area contributed by atoms with Gasteiger partial charge in [-0.3, -0.25) is 9.59 Å². The number of primary amides is 1. The third-order valence-corrected chi connectivity index (χ3v) is 4.06. The van der Waals surface area contributed by atoms with Gasteiger partial charge in [0, 0.05) is 18.8 Å². The van der Waals surface area contributed by atoms with Gasteiger partial charge in [-0.1, -0.05) is 18.2 Å². The maximum absolute atomic E-state index is 13.6. The Bertz CT molecular complexity index is 1140. The van der Waals surface area contributed by atoms with Gasteiger partial charge in [-0.05, 0) is 35.4 Å². The van der Waals surface area contributed by atoms with E-state index < -0.39 is 29.0 Å². The lowest BCUT2D eigenvalue weighted by molar-refractivity contribution is -0.137. The zero-order chi connectivity index (χ0) is 20.6. The predicted molar refractivity (Wildman–Crippen MR) is 93.8 cm³/mol. The summed E-state index contributed by atoms with van der Waals surface area (Å²) in [5.41, 5.74) is 3.10. The standard InChI is InChI=1S/C19H13F4N3O2/c1-26-9-15(17(24)27)25-16(18(26)28)11-4-2-3-10(7-11)13-8-12(20)5-6-14(13)19(21,22)23/h2-9H,1H3,(H2,24,27). The molecule has 9 heteroatoms. The molecule has 5 nitrogen and oxygen atoms in total. The normalized spacial score (nSPS) is 11.5. The largest absolute Gasteiger partial charge is 0.417 e. The number of carbonyl (C=O) groups excluding carboxylic acids is 1. The van der Waals surface area contributed by atoms with Gasteiger partial charge in [0.2, 0.25) is 0 Å². The molecule has 0 spiro atoms. The Morgan fingerprint density at radius 2 is 1.79 bits per heavy atom. The summed E-state index contributed by atoms with van der Waals surface area (Å²) in [5.74, 6) is -1.70.